The van der Waals surface area contributed by atoms with Crippen LogP contribution in [0.3, 0.4) is 0 Å². The van der Waals surface area contributed by atoms with E-state index in [1.807, 2.05) is 42.5 Å². The number of ether oxygens (including phenoxy) is 1. The second-order valence-electron chi connectivity index (χ2n) is 4.82. The van der Waals surface area contributed by atoms with Gasteiger partial charge in [-0.25, -0.2) is 0 Å². The van der Waals surface area contributed by atoms with E-state index < -0.39 is 0 Å². The van der Waals surface area contributed by atoms with Crippen molar-refractivity contribution < 1.29 is 9.53 Å². The van der Waals surface area contributed by atoms with Gasteiger partial charge in [0.1, 0.15) is 11.6 Å². The monoisotopic (exact) mass is 264 g/mol. The molecule has 0 bridgehead atoms. The fraction of sp³-hybridized carbons (Fsp3) is 0.125. The van der Waals surface area contributed by atoms with Crippen LogP contribution in [0.15, 0.2) is 47.5 Å². The molecule has 0 atom stereocenters. The molecule has 0 N–H and O–H groups in total. The van der Waals surface area contributed by atoms with E-state index in [4.69, 9.17) is 4.74 Å². The first kappa shape index (κ1) is 11.2. The lowest BCUT2D eigenvalue weighted by atomic mass is 10.1. The van der Waals surface area contributed by atoms with Gasteiger partial charge in [0.25, 0.3) is 5.91 Å². The normalized spacial score (nSPS) is 15.3. The number of aliphatic imine (C=N–C) groups is 1. The molecule has 1 amide bonds. The number of benzene rings is 2. The first-order valence-corrected chi connectivity index (χ1v) is 6.45. The van der Waals surface area contributed by atoms with Gasteiger partial charge in [-0.15, -0.1) is 0 Å². The van der Waals surface area contributed by atoms with Crippen molar-refractivity contribution in [2.45, 2.75) is 6.54 Å². The molecule has 2 aliphatic rings. The molecule has 20 heavy (non-hydrogen) atoms. The first-order chi connectivity index (χ1) is 9.79. The fourth-order valence-corrected chi connectivity index (χ4v) is 2.77. The Hall–Kier alpha value is -2.62. The van der Waals surface area contributed by atoms with Crippen LogP contribution >= 0.6 is 0 Å². The van der Waals surface area contributed by atoms with Crippen molar-refractivity contribution in [2.24, 2.45) is 4.99 Å². The number of carbonyl (C=O) groups excluding carboxylic acids is 1. The molecule has 4 nitrogen and oxygen atoms in total. The van der Waals surface area contributed by atoms with Crippen LogP contribution in [0.5, 0.6) is 5.75 Å². The SMILES string of the molecule is COc1ccc2c(c1)CN=C1c3ccccc3C(=O)N12. The van der Waals surface area contributed by atoms with E-state index in [1.54, 1.807) is 12.0 Å². The van der Waals surface area contributed by atoms with Crippen molar-refractivity contribution in [3.63, 3.8) is 0 Å². The van der Waals surface area contributed by atoms with Crippen LogP contribution in [0.2, 0.25) is 0 Å². The van der Waals surface area contributed by atoms with Crippen LogP contribution in [-0.4, -0.2) is 18.9 Å². The zero-order valence-electron chi connectivity index (χ0n) is 11.0. The lowest BCUT2D eigenvalue weighted by Crippen LogP contribution is -2.33. The number of amides is 1. The Kier molecular flexibility index (Phi) is 2.21. The van der Waals surface area contributed by atoms with E-state index in [1.165, 1.54) is 0 Å². The molecule has 0 fully saturated rings. The summed E-state index contributed by atoms with van der Waals surface area (Å²) in [5.74, 6) is 1.53. The van der Waals surface area contributed by atoms with Crippen LogP contribution in [0.4, 0.5) is 5.69 Å². The van der Waals surface area contributed by atoms with Gasteiger partial charge in [0.15, 0.2) is 0 Å². The first-order valence-electron chi connectivity index (χ1n) is 6.45. The van der Waals surface area contributed by atoms with Crippen LogP contribution < -0.4 is 9.64 Å². The minimum absolute atomic E-state index is 0.00883. The molecule has 0 unspecified atom stereocenters. The number of rotatable bonds is 1. The van der Waals surface area contributed by atoms with Gasteiger partial charge in [-0.1, -0.05) is 18.2 Å². The Labute approximate surface area is 116 Å². The second-order valence-corrected chi connectivity index (χ2v) is 4.82. The topological polar surface area (TPSA) is 41.9 Å². The summed E-state index contributed by atoms with van der Waals surface area (Å²) < 4.78 is 5.23. The molecular weight excluding hydrogens is 252 g/mol. The van der Waals surface area contributed by atoms with Gasteiger partial charge in [0, 0.05) is 11.1 Å². The van der Waals surface area contributed by atoms with Crippen molar-refractivity contribution in [3.05, 3.63) is 59.2 Å². The van der Waals surface area contributed by atoms with Crippen LogP contribution in [0, 0.1) is 0 Å². The average Bonchev–Trinajstić information content (AvgIpc) is 2.80. The van der Waals surface area contributed by atoms with Gasteiger partial charge in [0.2, 0.25) is 0 Å². The predicted octanol–water partition coefficient (Wildman–Crippen LogP) is 2.62. The Balaban J connectivity index is 1.90. The van der Waals surface area contributed by atoms with E-state index >= 15 is 0 Å². The molecule has 0 spiro atoms. The van der Waals surface area contributed by atoms with Crippen LogP contribution in [0.25, 0.3) is 0 Å². The Bertz CT molecular complexity index is 765. The number of anilines is 1. The van der Waals surface area contributed by atoms with Crippen molar-refractivity contribution in [1.82, 2.24) is 0 Å². The summed E-state index contributed by atoms with van der Waals surface area (Å²) in [6.07, 6.45) is 0. The Morgan fingerprint density at radius 1 is 1.15 bits per heavy atom. The van der Waals surface area contributed by atoms with Crippen molar-refractivity contribution in [2.75, 3.05) is 12.0 Å². The predicted molar refractivity (Wildman–Crippen MR) is 76.5 cm³/mol. The largest absolute Gasteiger partial charge is 0.497 e. The third-order valence-electron chi connectivity index (χ3n) is 3.74. The number of fused-ring (bicyclic) bond motifs is 5. The minimum atomic E-state index is -0.00883. The standard InChI is InChI=1S/C16H12N2O2/c1-20-11-6-7-14-10(8-11)9-17-15-12-4-2-3-5-13(12)16(19)18(14)15/h2-8H,9H2,1H3. The Morgan fingerprint density at radius 2 is 1.95 bits per heavy atom. The average molecular weight is 264 g/mol. The molecule has 0 saturated carbocycles. The molecule has 4 rings (SSSR count). The smallest absolute Gasteiger partial charge is 0.264 e. The summed E-state index contributed by atoms with van der Waals surface area (Å²) in [5, 5.41) is 0. The lowest BCUT2D eigenvalue weighted by molar-refractivity contribution is 0.101. The molecule has 2 heterocycles. The van der Waals surface area contributed by atoms with E-state index in [2.05, 4.69) is 4.99 Å². The Morgan fingerprint density at radius 3 is 2.75 bits per heavy atom. The van der Waals surface area contributed by atoms with Gasteiger partial charge in [-0.2, -0.15) is 0 Å². The number of carbonyl (C=O) groups is 1. The third-order valence-corrected chi connectivity index (χ3v) is 3.74. The van der Waals surface area contributed by atoms with E-state index in [9.17, 15) is 4.79 Å². The number of hydrogen-bond acceptors (Lipinski definition) is 3. The molecule has 2 aromatic rings. The highest BCUT2D eigenvalue weighted by Gasteiger charge is 2.37. The summed E-state index contributed by atoms with van der Waals surface area (Å²) >= 11 is 0. The van der Waals surface area contributed by atoms with Gasteiger partial charge in [-0.05, 0) is 24.3 Å². The highest BCUT2D eigenvalue weighted by Crippen LogP contribution is 2.36. The molecule has 0 saturated heterocycles. The zero-order valence-corrected chi connectivity index (χ0v) is 11.0. The third kappa shape index (κ3) is 1.36. The second kappa shape index (κ2) is 3.93. The number of amidine groups is 1. The molecule has 2 aromatic carbocycles. The summed E-state index contributed by atoms with van der Waals surface area (Å²) in [7, 11) is 1.64. The maximum atomic E-state index is 12.6. The maximum Gasteiger partial charge on any atom is 0.264 e. The van der Waals surface area contributed by atoms with Crippen LogP contribution in [-0.2, 0) is 6.54 Å². The molecule has 0 aliphatic carbocycles. The summed E-state index contributed by atoms with van der Waals surface area (Å²) in [6, 6.07) is 13.3. The highest BCUT2D eigenvalue weighted by molar-refractivity contribution is 6.36. The summed E-state index contributed by atoms with van der Waals surface area (Å²) in [5.41, 5.74) is 3.54. The quantitative estimate of drug-likeness (QED) is 0.794. The number of nitrogens with zero attached hydrogens (tertiary/aromatic N) is 2. The molecule has 0 aromatic heterocycles. The number of methoxy groups -OCH3 is 1. The minimum Gasteiger partial charge on any atom is -0.497 e. The van der Waals surface area contributed by atoms with E-state index in [0.717, 1.165) is 34.0 Å². The molecule has 0 radical (unpaired) electrons. The van der Waals surface area contributed by atoms with Gasteiger partial charge < -0.3 is 4.74 Å². The van der Waals surface area contributed by atoms with Gasteiger partial charge in [0.05, 0.1) is 24.9 Å². The van der Waals surface area contributed by atoms with E-state index in [-0.39, 0.29) is 5.91 Å². The fourth-order valence-electron chi connectivity index (χ4n) is 2.77. The van der Waals surface area contributed by atoms with Crippen molar-refractivity contribution in [3.8, 4) is 5.75 Å². The lowest BCUT2D eigenvalue weighted by Gasteiger charge is -2.24. The summed E-state index contributed by atoms with van der Waals surface area (Å²) in [4.78, 5) is 18.8. The number of hydrogen-bond donors (Lipinski definition) is 0. The molecular formula is C16H12N2O2. The van der Waals surface area contributed by atoms with Crippen molar-refractivity contribution in [1.29, 1.82) is 0 Å². The maximum absolute atomic E-state index is 12.6. The van der Waals surface area contributed by atoms with E-state index in [0.29, 0.717) is 6.54 Å². The molecule has 4 heteroatoms. The zero-order chi connectivity index (χ0) is 13.7. The van der Waals surface area contributed by atoms with Gasteiger partial charge >= 0.3 is 0 Å². The van der Waals surface area contributed by atoms with Gasteiger partial charge in [-0.3, -0.25) is 14.7 Å². The van der Waals surface area contributed by atoms with Crippen LogP contribution in [0.1, 0.15) is 21.5 Å². The summed E-state index contributed by atoms with van der Waals surface area (Å²) in [6.45, 7) is 0.569. The highest BCUT2D eigenvalue weighted by atomic mass is 16.5. The molecule has 98 valence electrons. The van der Waals surface area contributed by atoms with Crippen molar-refractivity contribution >= 4 is 17.4 Å². The molecule has 2 aliphatic heterocycles.